The molecule has 2 aromatic rings. The first-order chi connectivity index (χ1) is 15.2. The lowest BCUT2D eigenvalue weighted by atomic mass is 9.73. The van der Waals surface area contributed by atoms with Gasteiger partial charge in [-0.25, -0.2) is 4.98 Å². The fourth-order valence-electron chi connectivity index (χ4n) is 4.76. The van der Waals surface area contributed by atoms with E-state index in [0.29, 0.717) is 0 Å². The summed E-state index contributed by atoms with van der Waals surface area (Å²) in [6, 6.07) is 8.80. The first-order valence-electron chi connectivity index (χ1n) is 11.6. The van der Waals surface area contributed by atoms with Gasteiger partial charge in [-0.3, -0.25) is 4.99 Å². The third kappa shape index (κ3) is 6.35. The van der Waals surface area contributed by atoms with Crippen molar-refractivity contribution in [3.8, 4) is 0 Å². The molecule has 6 nitrogen and oxygen atoms in total. The number of nitrogens with one attached hydrogen (secondary N) is 2. The minimum absolute atomic E-state index is 0. The van der Waals surface area contributed by atoms with E-state index in [0.717, 1.165) is 51.0 Å². The Balaban J connectivity index is 0.00000289. The van der Waals surface area contributed by atoms with E-state index in [1.165, 1.54) is 42.5 Å². The number of guanidine groups is 1. The van der Waals surface area contributed by atoms with Crippen LogP contribution in [0.25, 0.3) is 0 Å². The van der Waals surface area contributed by atoms with Crippen LogP contribution in [-0.2, 0) is 12.0 Å². The molecule has 8 heteroatoms. The lowest BCUT2D eigenvalue weighted by Crippen LogP contribution is -2.46. The summed E-state index contributed by atoms with van der Waals surface area (Å²) in [6.45, 7) is 5.94. The third-order valence-corrected chi connectivity index (χ3v) is 7.89. The molecule has 3 heterocycles. The van der Waals surface area contributed by atoms with Gasteiger partial charge in [-0.05, 0) is 49.0 Å². The minimum atomic E-state index is 0. The first kappa shape index (κ1) is 25.2. The van der Waals surface area contributed by atoms with Crippen LogP contribution in [0, 0.1) is 0 Å². The Kier molecular flexibility index (Phi) is 9.61. The maximum atomic E-state index is 4.61. The van der Waals surface area contributed by atoms with Crippen molar-refractivity contribution in [1.29, 1.82) is 0 Å². The average molecular weight is 569 g/mol. The fraction of sp³-hybridized carbons (Fsp3) is 0.583. The largest absolute Gasteiger partial charge is 0.355 e. The van der Waals surface area contributed by atoms with Crippen LogP contribution < -0.4 is 15.5 Å². The second kappa shape index (κ2) is 12.2. The number of halogens is 1. The molecule has 32 heavy (non-hydrogen) atoms. The molecule has 0 bridgehead atoms. The number of piperazine rings is 1. The molecule has 0 radical (unpaired) electrons. The summed E-state index contributed by atoms with van der Waals surface area (Å²) in [5.74, 6) is 1.95. The van der Waals surface area contributed by atoms with Gasteiger partial charge in [-0.2, -0.15) is 0 Å². The van der Waals surface area contributed by atoms with E-state index in [4.69, 9.17) is 0 Å². The minimum Gasteiger partial charge on any atom is -0.355 e. The zero-order chi connectivity index (χ0) is 21.5. The molecule has 0 aromatic carbocycles. The van der Waals surface area contributed by atoms with Gasteiger partial charge < -0.3 is 20.4 Å². The second-order valence-electron chi connectivity index (χ2n) is 8.91. The molecule has 2 aliphatic rings. The van der Waals surface area contributed by atoms with Gasteiger partial charge in [-0.1, -0.05) is 25.3 Å². The van der Waals surface area contributed by atoms with E-state index in [-0.39, 0.29) is 29.4 Å². The number of likely N-dealkylation sites (N-methyl/N-ethyl adjacent to an activating group) is 1. The maximum Gasteiger partial charge on any atom is 0.191 e. The van der Waals surface area contributed by atoms with E-state index in [2.05, 4.69) is 67.1 Å². The van der Waals surface area contributed by atoms with E-state index in [1.54, 1.807) is 0 Å². The van der Waals surface area contributed by atoms with Crippen molar-refractivity contribution in [3.05, 3.63) is 46.3 Å². The Morgan fingerprint density at radius 3 is 2.59 bits per heavy atom. The Morgan fingerprint density at radius 2 is 1.91 bits per heavy atom. The Morgan fingerprint density at radius 1 is 1.12 bits per heavy atom. The normalized spacial score (nSPS) is 19.3. The van der Waals surface area contributed by atoms with Gasteiger partial charge in [0.1, 0.15) is 5.82 Å². The summed E-state index contributed by atoms with van der Waals surface area (Å²) in [4.78, 5) is 15.4. The molecule has 0 amide bonds. The highest BCUT2D eigenvalue weighted by molar-refractivity contribution is 14.0. The molecule has 2 aromatic heterocycles. The predicted octanol–water partition coefficient (Wildman–Crippen LogP) is 4.08. The van der Waals surface area contributed by atoms with Crippen molar-refractivity contribution in [1.82, 2.24) is 20.5 Å². The monoisotopic (exact) mass is 568 g/mol. The molecule has 2 fully saturated rings. The Bertz CT molecular complexity index is 842. The summed E-state index contributed by atoms with van der Waals surface area (Å²) in [5, 5.41) is 9.36. The molecule has 2 N–H and O–H groups in total. The summed E-state index contributed by atoms with van der Waals surface area (Å²) < 4.78 is 0. The zero-order valence-electron chi connectivity index (χ0n) is 19.3. The van der Waals surface area contributed by atoms with E-state index in [1.807, 2.05) is 24.6 Å². The van der Waals surface area contributed by atoms with Gasteiger partial charge >= 0.3 is 0 Å². The van der Waals surface area contributed by atoms with Gasteiger partial charge in [-0.15, -0.1) is 35.3 Å². The van der Waals surface area contributed by atoms with Crippen LogP contribution in [0.5, 0.6) is 0 Å². The molecule has 0 atom stereocenters. The summed E-state index contributed by atoms with van der Waals surface area (Å²) in [7, 11) is 4.04. The highest BCUT2D eigenvalue weighted by Crippen LogP contribution is 2.41. The van der Waals surface area contributed by atoms with Crippen LogP contribution in [0.3, 0.4) is 0 Å². The lowest BCUT2D eigenvalue weighted by molar-refractivity contribution is 0.296. The number of pyridine rings is 1. The van der Waals surface area contributed by atoms with Crippen molar-refractivity contribution in [2.75, 3.05) is 51.7 Å². The van der Waals surface area contributed by atoms with Crippen LogP contribution in [-0.4, -0.2) is 62.7 Å². The number of rotatable bonds is 6. The van der Waals surface area contributed by atoms with Gasteiger partial charge in [0.25, 0.3) is 0 Å². The molecule has 4 rings (SSSR count). The van der Waals surface area contributed by atoms with Gasteiger partial charge in [0, 0.05) is 62.8 Å². The van der Waals surface area contributed by atoms with Crippen molar-refractivity contribution in [3.63, 3.8) is 0 Å². The lowest BCUT2D eigenvalue weighted by Gasteiger charge is -2.37. The molecule has 1 saturated carbocycles. The van der Waals surface area contributed by atoms with Crippen molar-refractivity contribution in [2.45, 2.75) is 44.1 Å². The molecular weight excluding hydrogens is 531 g/mol. The molecular formula is C24H37IN6S. The fourth-order valence-corrected chi connectivity index (χ4v) is 5.74. The van der Waals surface area contributed by atoms with Crippen LogP contribution in [0.1, 0.15) is 42.5 Å². The predicted molar refractivity (Wildman–Crippen MR) is 147 cm³/mol. The average Bonchev–Trinajstić information content (AvgIpc) is 3.36. The SMILES string of the molecule is CN=C(NCc1ccnc(N2CCN(C)CC2)c1)NCC1(c2cccs2)CCCCC1.I. The maximum absolute atomic E-state index is 4.61. The second-order valence-corrected chi connectivity index (χ2v) is 9.86. The Labute approximate surface area is 213 Å². The first-order valence-corrected chi connectivity index (χ1v) is 12.4. The van der Waals surface area contributed by atoms with Crippen molar-refractivity contribution >= 4 is 47.1 Å². The van der Waals surface area contributed by atoms with E-state index >= 15 is 0 Å². The number of hydrogen-bond donors (Lipinski definition) is 2. The molecule has 1 aliphatic carbocycles. The summed E-state index contributed by atoms with van der Waals surface area (Å²) in [5.41, 5.74) is 1.48. The quantitative estimate of drug-likeness (QED) is 0.313. The van der Waals surface area contributed by atoms with Crippen molar-refractivity contribution in [2.24, 2.45) is 4.99 Å². The third-order valence-electron chi connectivity index (χ3n) is 6.77. The zero-order valence-corrected chi connectivity index (χ0v) is 22.5. The number of hydrogen-bond acceptors (Lipinski definition) is 5. The summed E-state index contributed by atoms with van der Waals surface area (Å²) >= 11 is 1.90. The Hall–Kier alpha value is -1.39. The van der Waals surface area contributed by atoms with Crippen LogP contribution in [0.2, 0.25) is 0 Å². The van der Waals surface area contributed by atoms with Crippen molar-refractivity contribution < 1.29 is 0 Å². The molecule has 1 saturated heterocycles. The van der Waals surface area contributed by atoms with Crippen LogP contribution in [0.15, 0.2) is 40.8 Å². The van der Waals surface area contributed by atoms with Gasteiger partial charge in [0.05, 0.1) is 0 Å². The number of nitrogens with zero attached hydrogens (tertiary/aromatic N) is 4. The standard InChI is InChI=1S/C24H36N6S.HI/c1-25-23(28-19-24(9-4-3-5-10-24)21-7-6-16-31-21)27-18-20-8-11-26-22(17-20)30-14-12-29(2)13-15-30;/h6-8,11,16-17H,3-5,9-10,12-15,18-19H2,1-2H3,(H2,25,27,28);1H. The number of anilines is 1. The van der Waals surface area contributed by atoms with Crippen LogP contribution >= 0.6 is 35.3 Å². The highest BCUT2D eigenvalue weighted by Gasteiger charge is 2.34. The molecule has 0 unspecified atom stereocenters. The van der Waals surface area contributed by atoms with Gasteiger partial charge in [0.15, 0.2) is 5.96 Å². The number of aliphatic imine (C=N–C) groups is 1. The topological polar surface area (TPSA) is 55.8 Å². The molecule has 1 aliphatic heterocycles. The number of aromatic nitrogens is 1. The van der Waals surface area contributed by atoms with Crippen LogP contribution in [0.4, 0.5) is 5.82 Å². The number of thiophene rings is 1. The van der Waals surface area contributed by atoms with E-state index in [9.17, 15) is 0 Å². The highest BCUT2D eigenvalue weighted by atomic mass is 127. The molecule has 0 spiro atoms. The molecule has 176 valence electrons. The smallest absolute Gasteiger partial charge is 0.191 e. The summed E-state index contributed by atoms with van der Waals surface area (Å²) in [6.07, 6.45) is 8.44. The van der Waals surface area contributed by atoms with Gasteiger partial charge in [0.2, 0.25) is 0 Å². The van der Waals surface area contributed by atoms with E-state index < -0.39 is 0 Å².